The molecule has 3 aromatic rings. The van der Waals surface area contributed by atoms with Crippen LogP contribution in [0.1, 0.15) is 24.0 Å². The lowest BCUT2D eigenvalue weighted by Crippen LogP contribution is -2.37. The zero-order valence-corrected chi connectivity index (χ0v) is 17.6. The molecule has 0 aliphatic carbocycles. The monoisotopic (exact) mass is 451 g/mol. The molecular weight excluding hydrogens is 430 g/mol. The van der Waals surface area contributed by atoms with Crippen LogP contribution >= 0.6 is 0 Å². The second-order valence-corrected chi connectivity index (χ2v) is 8.07. The van der Waals surface area contributed by atoms with Gasteiger partial charge in [0, 0.05) is 42.7 Å². The standard InChI is InChI=1S/C22H21N5O6/c28-21(29)14-5-7-26(8-6-14)22-24-18-4-3-16(27(30)31)10-17(18)20(25-22)23-11-13-1-2-15-12-32-33-19(15)9-13/h1-4,9-10,14H,5-8,11-12H2,(H,28,29)(H,23,24,25). The molecule has 2 N–H and O–H groups in total. The van der Waals surface area contributed by atoms with E-state index in [4.69, 9.17) is 9.78 Å². The molecule has 0 unspecified atom stereocenters. The number of benzene rings is 2. The van der Waals surface area contributed by atoms with Gasteiger partial charge in [0.05, 0.1) is 16.4 Å². The van der Waals surface area contributed by atoms with Crippen LogP contribution in [0.3, 0.4) is 0 Å². The summed E-state index contributed by atoms with van der Waals surface area (Å²) < 4.78 is 0. The van der Waals surface area contributed by atoms with Gasteiger partial charge in [-0.2, -0.15) is 9.87 Å². The van der Waals surface area contributed by atoms with Crippen molar-refractivity contribution < 1.29 is 24.6 Å². The van der Waals surface area contributed by atoms with Crippen molar-refractivity contribution in [2.24, 2.45) is 5.92 Å². The maximum atomic E-state index is 11.3. The van der Waals surface area contributed by atoms with Crippen molar-refractivity contribution >= 4 is 34.3 Å². The molecule has 0 radical (unpaired) electrons. The number of carbonyl (C=O) groups is 1. The van der Waals surface area contributed by atoms with Crippen molar-refractivity contribution in [2.75, 3.05) is 23.3 Å². The lowest BCUT2D eigenvalue weighted by atomic mass is 9.97. The Morgan fingerprint density at radius 2 is 2.03 bits per heavy atom. The van der Waals surface area contributed by atoms with Crippen molar-refractivity contribution in [2.45, 2.75) is 26.0 Å². The lowest BCUT2D eigenvalue weighted by molar-refractivity contribution is -0.384. The van der Waals surface area contributed by atoms with Gasteiger partial charge in [-0.15, -0.1) is 0 Å². The number of carboxylic acid groups (broad SMARTS) is 1. The molecule has 3 heterocycles. The summed E-state index contributed by atoms with van der Waals surface area (Å²) in [5.41, 5.74) is 2.42. The Bertz CT molecular complexity index is 1240. The maximum absolute atomic E-state index is 11.3. The Morgan fingerprint density at radius 1 is 1.21 bits per heavy atom. The minimum atomic E-state index is -0.785. The van der Waals surface area contributed by atoms with Crippen molar-refractivity contribution in [3.8, 4) is 5.75 Å². The Kier molecular flexibility index (Phi) is 5.38. The number of nitro groups is 1. The summed E-state index contributed by atoms with van der Waals surface area (Å²) in [7, 11) is 0. The number of non-ortho nitro benzene ring substituents is 1. The quantitative estimate of drug-likeness (QED) is 0.326. The van der Waals surface area contributed by atoms with E-state index in [0.29, 0.717) is 67.5 Å². The topological polar surface area (TPSA) is 140 Å². The molecule has 0 amide bonds. The molecule has 170 valence electrons. The van der Waals surface area contributed by atoms with Gasteiger partial charge in [-0.25, -0.2) is 4.98 Å². The van der Waals surface area contributed by atoms with Crippen LogP contribution in [0.4, 0.5) is 17.5 Å². The van der Waals surface area contributed by atoms with Crippen LogP contribution in [-0.2, 0) is 22.8 Å². The van der Waals surface area contributed by atoms with Crippen LogP contribution in [0, 0.1) is 16.0 Å². The van der Waals surface area contributed by atoms with E-state index >= 15 is 0 Å². The zero-order chi connectivity index (χ0) is 22.9. The average Bonchev–Trinajstić information content (AvgIpc) is 3.30. The van der Waals surface area contributed by atoms with Crippen LogP contribution in [0.15, 0.2) is 36.4 Å². The third-order valence-electron chi connectivity index (χ3n) is 5.96. The smallest absolute Gasteiger partial charge is 0.306 e. The number of aliphatic carboxylic acids is 1. The highest BCUT2D eigenvalue weighted by atomic mass is 17.2. The van der Waals surface area contributed by atoms with Gasteiger partial charge in [0.25, 0.3) is 5.69 Å². The van der Waals surface area contributed by atoms with Gasteiger partial charge in [0.2, 0.25) is 5.95 Å². The number of fused-ring (bicyclic) bond motifs is 2. The van der Waals surface area contributed by atoms with Crippen LogP contribution in [-0.4, -0.2) is 39.1 Å². The zero-order valence-electron chi connectivity index (χ0n) is 17.6. The van der Waals surface area contributed by atoms with Crippen molar-refractivity contribution in [3.05, 3.63) is 57.6 Å². The second-order valence-electron chi connectivity index (χ2n) is 8.07. The number of nitrogens with zero attached hydrogens (tertiary/aromatic N) is 4. The fourth-order valence-corrected chi connectivity index (χ4v) is 4.07. The van der Waals surface area contributed by atoms with Gasteiger partial charge in [0.15, 0.2) is 5.75 Å². The number of aromatic nitrogens is 2. The highest BCUT2D eigenvalue weighted by Gasteiger charge is 2.26. The number of nitrogens with one attached hydrogen (secondary N) is 1. The number of rotatable bonds is 6. The number of hydrogen-bond acceptors (Lipinski definition) is 9. The van der Waals surface area contributed by atoms with E-state index in [9.17, 15) is 20.0 Å². The summed E-state index contributed by atoms with van der Waals surface area (Å²) in [5.74, 6) is 0.449. The molecule has 33 heavy (non-hydrogen) atoms. The van der Waals surface area contributed by atoms with E-state index in [1.807, 2.05) is 23.1 Å². The van der Waals surface area contributed by atoms with Crippen LogP contribution in [0.5, 0.6) is 5.75 Å². The van der Waals surface area contributed by atoms with Gasteiger partial charge in [-0.05, 0) is 30.5 Å². The highest BCUT2D eigenvalue weighted by Crippen LogP contribution is 2.31. The number of nitro benzene ring substituents is 1. The van der Waals surface area contributed by atoms with Gasteiger partial charge in [-0.3, -0.25) is 14.9 Å². The third kappa shape index (κ3) is 4.22. The molecule has 2 aromatic carbocycles. The molecule has 0 spiro atoms. The molecule has 5 rings (SSSR count). The number of anilines is 2. The predicted molar refractivity (Wildman–Crippen MR) is 118 cm³/mol. The minimum absolute atomic E-state index is 0.0488. The van der Waals surface area contributed by atoms with E-state index < -0.39 is 10.9 Å². The van der Waals surface area contributed by atoms with E-state index in [1.54, 1.807) is 6.07 Å². The molecule has 1 saturated heterocycles. The van der Waals surface area contributed by atoms with E-state index in [1.165, 1.54) is 12.1 Å². The van der Waals surface area contributed by atoms with Crippen molar-refractivity contribution in [3.63, 3.8) is 0 Å². The van der Waals surface area contributed by atoms with Crippen LogP contribution in [0.2, 0.25) is 0 Å². The van der Waals surface area contributed by atoms with Crippen LogP contribution < -0.4 is 15.1 Å². The molecule has 0 bridgehead atoms. The number of piperidine rings is 1. The van der Waals surface area contributed by atoms with Crippen molar-refractivity contribution in [1.82, 2.24) is 9.97 Å². The molecule has 0 saturated carbocycles. The first-order valence-corrected chi connectivity index (χ1v) is 10.6. The summed E-state index contributed by atoms with van der Waals surface area (Å²) >= 11 is 0. The van der Waals surface area contributed by atoms with Gasteiger partial charge >= 0.3 is 5.97 Å². The molecule has 2 aliphatic heterocycles. The Morgan fingerprint density at radius 3 is 2.79 bits per heavy atom. The van der Waals surface area contributed by atoms with Crippen LogP contribution in [0.25, 0.3) is 10.9 Å². The maximum Gasteiger partial charge on any atom is 0.306 e. The van der Waals surface area contributed by atoms with E-state index in [0.717, 1.165) is 11.1 Å². The summed E-state index contributed by atoms with van der Waals surface area (Å²) in [4.78, 5) is 43.5. The molecule has 0 atom stereocenters. The number of carboxylic acids is 1. The highest BCUT2D eigenvalue weighted by molar-refractivity contribution is 5.91. The number of hydrogen-bond donors (Lipinski definition) is 2. The first kappa shape index (κ1) is 20.9. The first-order chi connectivity index (χ1) is 16.0. The SMILES string of the molecule is O=C(O)C1CCN(c2nc(NCc3ccc4c(c3)OOC4)c3cc([N+](=O)[O-])ccc3n2)CC1. The van der Waals surface area contributed by atoms with Gasteiger partial charge < -0.3 is 20.2 Å². The minimum Gasteiger partial charge on any atom is -0.481 e. The third-order valence-corrected chi connectivity index (χ3v) is 5.96. The molecule has 2 aliphatic rings. The first-order valence-electron chi connectivity index (χ1n) is 10.6. The summed E-state index contributed by atoms with van der Waals surface area (Å²) in [6, 6.07) is 10.2. The summed E-state index contributed by atoms with van der Waals surface area (Å²) in [5, 5.41) is 24.4. The average molecular weight is 451 g/mol. The van der Waals surface area contributed by atoms with Gasteiger partial charge in [0.1, 0.15) is 12.4 Å². The Balaban J connectivity index is 1.45. The second kappa shape index (κ2) is 8.51. The molecule has 1 fully saturated rings. The lowest BCUT2D eigenvalue weighted by Gasteiger charge is -2.30. The molecule has 11 nitrogen and oxygen atoms in total. The molecule has 1 aromatic heterocycles. The fraction of sp³-hybridized carbons (Fsp3) is 0.318. The summed E-state index contributed by atoms with van der Waals surface area (Å²) in [6.45, 7) is 1.87. The summed E-state index contributed by atoms with van der Waals surface area (Å²) in [6.07, 6.45) is 1.02. The molecule has 11 heteroatoms. The van der Waals surface area contributed by atoms with Crippen molar-refractivity contribution in [1.29, 1.82) is 0 Å². The van der Waals surface area contributed by atoms with Gasteiger partial charge in [-0.1, -0.05) is 12.1 Å². The predicted octanol–water partition coefficient (Wildman–Crippen LogP) is 3.28. The van der Waals surface area contributed by atoms with E-state index in [2.05, 4.69) is 15.3 Å². The fourth-order valence-electron chi connectivity index (χ4n) is 4.07. The largest absolute Gasteiger partial charge is 0.481 e. The Labute approximate surface area is 188 Å². The Hall–Kier alpha value is -3.99. The van der Waals surface area contributed by atoms with E-state index in [-0.39, 0.29) is 11.6 Å². The normalized spacial score (nSPS) is 15.8. The molecular formula is C22H21N5O6.